The summed E-state index contributed by atoms with van der Waals surface area (Å²) in [6.45, 7) is 5.08. The Bertz CT molecular complexity index is 584. The fourth-order valence-corrected chi connectivity index (χ4v) is 4.21. The summed E-state index contributed by atoms with van der Waals surface area (Å²) in [5.74, 6) is 0.303. The zero-order valence-corrected chi connectivity index (χ0v) is 14.7. The standard InChI is InChI=1S/C18H28N4O2/c1-13-11-19-12-22(13)16-7-9-21(10-8-16)18(24)17(20-14(2)23)15-5-3-4-6-15/h11-12,15-17H,3-10H2,1-2H3,(H,20,23). The molecule has 3 rings (SSSR count). The summed E-state index contributed by atoms with van der Waals surface area (Å²) in [4.78, 5) is 30.7. The molecular weight excluding hydrogens is 304 g/mol. The summed E-state index contributed by atoms with van der Waals surface area (Å²) in [6, 6.07) is 0.0822. The van der Waals surface area contributed by atoms with Crippen LogP contribution >= 0.6 is 0 Å². The predicted molar refractivity (Wildman–Crippen MR) is 91.4 cm³/mol. The largest absolute Gasteiger partial charge is 0.344 e. The number of nitrogens with one attached hydrogen (secondary N) is 1. The van der Waals surface area contributed by atoms with E-state index in [1.165, 1.54) is 12.6 Å². The summed E-state index contributed by atoms with van der Waals surface area (Å²) < 4.78 is 2.21. The van der Waals surface area contributed by atoms with Crippen molar-refractivity contribution >= 4 is 11.8 Å². The first-order chi connectivity index (χ1) is 11.6. The molecule has 1 aromatic rings. The number of amides is 2. The average molecular weight is 332 g/mol. The number of rotatable bonds is 4. The number of hydrogen-bond donors (Lipinski definition) is 1. The molecule has 24 heavy (non-hydrogen) atoms. The van der Waals surface area contributed by atoms with E-state index in [2.05, 4.69) is 21.8 Å². The van der Waals surface area contributed by atoms with E-state index in [4.69, 9.17) is 0 Å². The lowest BCUT2D eigenvalue weighted by atomic mass is 9.95. The molecule has 6 heteroatoms. The van der Waals surface area contributed by atoms with Gasteiger partial charge in [-0.3, -0.25) is 9.59 Å². The van der Waals surface area contributed by atoms with Crippen molar-refractivity contribution in [1.29, 1.82) is 0 Å². The summed E-state index contributed by atoms with van der Waals surface area (Å²) in [6.07, 6.45) is 10.1. The predicted octanol–water partition coefficient (Wildman–Crippen LogP) is 2.05. The van der Waals surface area contributed by atoms with Crippen molar-refractivity contribution in [2.75, 3.05) is 13.1 Å². The number of carbonyl (C=O) groups excluding carboxylic acids is 2. The number of hydrogen-bond acceptors (Lipinski definition) is 3. The van der Waals surface area contributed by atoms with Gasteiger partial charge in [-0.2, -0.15) is 0 Å². The smallest absolute Gasteiger partial charge is 0.245 e. The van der Waals surface area contributed by atoms with Gasteiger partial charge in [-0.1, -0.05) is 12.8 Å². The Morgan fingerprint density at radius 3 is 2.42 bits per heavy atom. The van der Waals surface area contributed by atoms with Gasteiger partial charge in [-0.05, 0) is 38.5 Å². The van der Waals surface area contributed by atoms with Crippen molar-refractivity contribution in [2.45, 2.75) is 64.5 Å². The number of imidazole rings is 1. The third-order valence-electron chi connectivity index (χ3n) is 5.53. The van der Waals surface area contributed by atoms with Crippen LogP contribution in [0.4, 0.5) is 0 Å². The highest BCUT2D eigenvalue weighted by atomic mass is 16.2. The Labute approximate surface area is 143 Å². The van der Waals surface area contributed by atoms with Crippen LogP contribution in [0.5, 0.6) is 0 Å². The zero-order chi connectivity index (χ0) is 17.1. The van der Waals surface area contributed by atoms with Gasteiger partial charge in [-0.15, -0.1) is 0 Å². The second-order valence-electron chi connectivity index (χ2n) is 7.22. The molecule has 0 spiro atoms. The Morgan fingerprint density at radius 1 is 1.21 bits per heavy atom. The van der Waals surface area contributed by atoms with E-state index in [-0.39, 0.29) is 17.9 Å². The number of nitrogens with zero attached hydrogens (tertiary/aromatic N) is 3. The van der Waals surface area contributed by atoms with Gasteiger partial charge in [0, 0.05) is 37.9 Å². The third kappa shape index (κ3) is 3.62. The molecular formula is C18H28N4O2. The van der Waals surface area contributed by atoms with Gasteiger partial charge in [0.05, 0.1) is 6.33 Å². The molecule has 2 fully saturated rings. The van der Waals surface area contributed by atoms with Crippen molar-refractivity contribution < 1.29 is 9.59 Å². The Hall–Kier alpha value is -1.85. The summed E-state index contributed by atoms with van der Waals surface area (Å²) in [5, 5.41) is 2.92. The van der Waals surface area contributed by atoms with E-state index in [9.17, 15) is 9.59 Å². The molecule has 0 bridgehead atoms. The quantitative estimate of drug-likeness (QED) is 0.917. The normalized spacial score (nSPS) is 21.0. The highest BCUT2D eigenvalue weighted by Crippen LogP contribution is 2.30. The second-order valence-corrected chi connectivity index (χ2v) is 7.22. The monoisotopic (exact) mass is 332 g/mol. The van der Waals surface area contributed by atoms with Crippen LogP contribution < -0.4 is 5.32 Å². The zero-order valence-electron chi connectivity index (χ0n) is 14.7. The fourth-order valence-electron chi connectivity index (χ4n) is 4.21. The molecule has 6 nitrogen and oxygen atoms in total. The van der Waals surface area contributed by atoms with Gasteiger partial charge in [0.15, 0.2) is 0 Å². The van der Waals surface area contributed by atoms with Crippen LogP contribution in [0.15, 0.2) is 12.5 Å². The van der Waals surface area contributed by atoms with Crippen molar-refractivity contribution in [2.24, 2.45) is 5.92 Å². The molecule has 0 aromatic carbocycles. The number of aryl methyl sites for hydroxylation is 1. The minimum absolute atomic E-state index is 0.107. The van der Waals surface area contributed by atoms with Gasteiger partial charge in [0.2, 0.25) is 11.8 Å². The third-order valence-corrected chi connectivity index (χ3v) is 5.53. The molecule has 1 aliphatic heterocycles. The van der Waals surface area contributed by atoms with E-state index in [1.54, 1.807) is 0 Å². The maximum absolute atomic E-state index is 13.0. The van der Waals surface area contributed by atoms with Crippen LogP contribution in [0.2, 0.25) is 0 Å². The Kier molecular flexibility index (Phi) is 5.21. The SMILES string of the molecule is CC(=O)NC(C(=O)N1CCC(n2cncc2C)CC1)C1CCCC1. The van der Waals surface area contributed by atoms with E-state index >= 15 is 0 Å². The first kappa shape index (κ1) is 17.0. The van der Waals surface area contributed by atoms with Crippen molar-refractivity contribution in [1.82, 2.24) is 19.8 Å². The molecule has 1 aromatic heterocycles. The van der Waals surface area contributed by atoms with E-state index < -0.39 is 0 Å². The van der Waals surface area contributed by atoms with E-state index in [0.717, 1.165) is 51.6 Å². The molecule has 1 atom stereocenters. The second kappa shape index (κ2) is 7.36. The lowest BCUT2D eigenvalue weighted by Crippen LogP contribution is -2.53. The molecule has 2 amide bonds. The first-order valence-corrected chi connectivity index (χ1v) is 9.10. The van der Waals surface area contributed by atoms with Gasteiger partial charge in [-0.25, -0.2) is 4.98 Å². The lowest BCUT2D eigenvalue weighted by molar-refractivity contribution is -0.138. The molecule has 1 N–H and O–H groups in total. The molecule has 2 aliphatic rings. The number of carbonyl (C=O) groups is 2. The Balaban J connectivity index is 1.62. The molecule has 1 saturated heterocycles. The van der Waals surface area contributed by atoms with E-state index in [1.807, 2.05) is 17.4 Å². The highest BCUT2D eigenvalue weighted by Gasteiger charge is 2.35. The summed E-state index contributed by atoms with van der Waals surface area (Å²) in [5.41, 5.74) is 1.17. The van der Waals surface area contributed by atoms with Gasteiger partial charge in [0.1, 0.15) is 6.04 Å². The van der Waals surface area contributed by atoms with Gasteiger partial charge < -0.3 is 14.8 Å². The molecule has 2 heterocycles. The molecule has 1 aliphatic carbocycles. The first-order valence-electron chi connectivity index (χ1n) is 9.10. The van der Waals surface area contributed by atoms with Gasteiger partial charge in [0.25, 0.3) is 0 Å². The molecule has 0 radical (unpaired) electrons. The van der Waals surface area contributed by atoms with E-state index in [0.29, 0.717) is 12.0 Å². The number of likely N-dealkylation sites (tertiary alicyclic amines) is 1. The fraction of sp³-hybridized carbons (Fsp3) is 0.722. The van der Waals surface area contributed by atoms with Crippen LogP contribution in [-0.2, 0) is 9.59 Å². The summed E-state index contributed by atoms with van der Waals surface area (Å²) in [7, 11) is 0. The van der Waals surface area contributed by atoms with Gasteiger partial charge >= 0.3 is 0 Å². The average Bonchev–Trinajstić information content (AvgIpc) is 3.23. The number of aromatic nitrogens is 2. The van der Waals surface area contributed by atoms with Crippen molar-refractivity contribution in [3.63, 3.8) is 0 Å². The van der Waals surface area contributed by atoms with Crippen molar-refractivity contribution in [3.05, 3.63) is 18.2 Å². The van der Waals surface area contributed by atoms with Crippen LogP contribution in [-0.4, -0.2) is 45.4 Å². The van der Waals surface area contributed by atoms with Crippen molar-refractivity contribution in [3.8, 4) is 0 Å². The Morgan fingerprint density at radius 2 is 1.88 bits per heavy atom. The lowest BCUT2D eigenvalue weighted by Gasteiger charge is -2.36. The van der Waals surface area contributed by atoms with Crippen LogP contribution in [0.25, 0.3) is 0 Å². The summed E-state index contributed by atoms with van der Waals surface area (Å²) >= 11 is 0. The molecule has 1 unspecified atom stereocenters. The maximum Gasteiger partial charge on any atom is 0.245 e. The highest BCUT2D eigenvalue weighted by molar-refractivity contribution is 5.87. The van der Waals surface area contributed by atoms with Crippen LogP contribution in [0.1, 0.15) is 57.2 Å². The van der Waals surface area contributed by atoms with Crippen LogP contribution in [0, 0.1) is 12.8 Å². The van der Waals surface area contributed by atoms with Crippen LogP contribution in [0.3, 0.4) is 0 Å². The molecule has 1 saturated carbocycles. The number of piperidine rings is 1. The minimum Gasteiger partial charge on any atom is -0.344 e. The topological polar surface area (TPSA) is 67.2 Å². The minimum atomic E-state index is -0.337. The maximum atomic E-state index is 13.0. The molecule has 132 valence electrons.